The lowest BCUT2D eigenvalue weighted by Gasteiger charge is -2.10. The monoisotopic (exact) mass is 496 g/mol. The lowest BCUT2D eigenvalue weighted by atomic mass is 10.1. The number of esters is 1. The van der Waals surface area contributed by atoms with Gasteiger partial charge in [-0.25, -0.2) is 4.39 Å². The first kappa shape index (κ1) is 20.1. The number of hydrogen-bond acceptors (Lipinski definition) is 3. The minimum absolute atomic E-state index is 0.0722. The maximum Gasteiger partial charge on any atom is 0.310 e. The van der Waals surface area contributed by atoms with Crippen LogP contribution in [0.3, 0.4) is 0 Å². The summed E-state index contributed by atoms with van der Waals surface area (Å²) in [4.78, 5) is 12.4. The van der Waals surface area contributed by atoms with Crippen molar-refractivity contribution in [3.8, 4) is 11.5 Å². The largest absolute Gasteiger partial charge is 0.461 e. The Morgan fingerprint density at radius 1 is 1.19 bits per heavy atom. The van der Waals surface area contributed by atoms with Gasteiger partial charge in [-0.05, 0) is 73.0 Å². The maximum absolute atomic E-state index is 14.0. The van der Waals surface area contributed by atoms with Crippen LogP contribution >= 0.6 is 31.9 Å². The second-order valence-electron chi connectivity index (χ2n) is 7.07. The maximum atomic E-state index is 14.0. The van der Waals surface area contributed by atoms with E-state index in [1.807, 2.05) is 38.1 Å². The highest BCUT2D eigenvalue weighted by Crippen LogP contribution is 2.60. The lowest BCUT2D eigenvalue weighted by molar-refractivity contribution is -0.147. The van der Waals surface area contributed by atoms with Crippen molar-refractivity contribution in [2.75, 3.05) is 0 Å². The van der Waals surface area contributed by atoms with Crippen LogP contribution in [0.15, 0.2) is 58.0 Å². The highest BCUT2D eigenvalue weighted by Gasteiger charge is 2.61. The average molecular weight is 498 g/mol. The van der Waals surface area contributed by atoms with E-state index in [1.54, 1.807) is 24.3 Å². The molecule has 3 nitrogen and oxygen atoms in total. The van der Waals surface area contributed by atoms with Crippen LogP contribution in [0.2, 0.25) is 0 Å². The fourth-order valence-electron chi connectivity index (χ4n) is 3.15. The van der Waals surface area contributed by atoms with Gasteiger partial charge in [0.2, 0.25) is 0 Å². The van der Waals surface area contributed by atoms with Gasteiger partial charge in [-0.2, -0.15) is 0 Å². The van der Waals surface area contributed by atoms with Crippen LogP contribution in [-0.2, 0) is 16.1 Å². The number of rotatable bonds is 6. The molecule has 142 valence electrons. The fraction of sp³-hybridized carbons (Fsp3) is 0.286. The predicted octanol–water partition coefficient (Wildman–Crippen LogP) is 6.56. The Bertz CT molecular complexity index is 861. The van der Waals surface area contributed by atoms with E-state index in [0.29, 0.717) is 11.3 Å². The van der Waals surface area contributed by atoms with Crippen molar-refractivity contribution in [1.29, 1.82) is 0 Å². The molecule has 0 aromatic heterocycles. The molecule has 0 aliphatic heterocycles. The molecule has 27 heavy (non-hydrogen) atoms. The van der Waals surface area contributed by atoms with Crippen LogP contribution in [-0.4, -0.2) is 5.97 Å². The standard InChI is InChI=1S/C21H19Br2FO3/c1-21(2)15(11-18(22)23)19(21)20(25)26-12-13-8-9-16(24)17(10-13)27-14-6-4-3-5-7-14/h3-11,15,19H,12H2,1-2H3. The number of ether oxygens (including phenoxy) is 2. The number of carbonyl (C=O) groups is 1. The minimum Gasteiger partial charge on any atom is -0.461 e. The molecule has 2 aromatic rings. The Morgan fingerprint density at radius 2 is 1.89 bits per heavy atom. The second kappa shape index (κ2) is 8.15. The van der Waals surface area contributed by atoms with E-state index >= 15 is 0 Å². The van der Waals surface area contributed by atoms with Crippen molar-refractivity contribution in [1.82, 2.24) is 0 Å². The van der Waals surface area contributed by atoms with Crippen molar-refractivity contribution in [2.45, 2.75) is 20.5 Å². The third-order valence-electron chi connectivity index (χ3n) is 4.82. The van der Waals surface area contributed by atoms with E-state index < -0.39 is 5.82 Å². The van der Waals surface area contributed by atoms with Gasteiger partial charge in [0.05, 0.1) is 9.31 Å². The molecule has 1 fully saturated rings. The van der Waals surface area contributed by atoms with Crippen LogP contribution in [0.4, 0.5) is 4.39 Å². The normalized spacial score (nSPS) is 19.9. The van der Waals surface area contributed by atoms with Crippen molar-refractivity contribution in [3.05, 3.63) is 69.4 Å². The molecular weight excluding hydrogens is 479 g/mol. The minimum atomic E-state index is -0.468. The van der Waals surface area contributed by atoms with E-state index in [1.165, 1.54) is 6.07 Å². The fourth-order valence-corrected chi connectivity index (χ4v) is 3.72. The van der Waals surface area contributed by atoms with Gasteiger partial charge in [-0.15, -0.1) is 0 Å². The van der Waals surface area contributed by atoms with Crippen LogP contribution in [0.25, 0.3) is 0 Å². The van der Waals surface area contributed by atoms with Gasteiger partial charge in [0.1, 0.15) is 12.4 Å². The van der Waals surface area contributed by atoms with Crippen molar-refractivity contribution < 1.29 is 18.7 Å². The highest BCUT2D eigenvalue weighted by molar-refractivity contribution is 9.28. The Kier molecular flexibility index (Phi) is 6.06. The molecule has 6 heteroatoms. The Morgan fingerprint density at radius 3 is 2.56 bits per heavy atom. The molecule has 2 atom stereocenters. The molecule has 0 saturated heterocycles. The SMILES string of the molecule is CC1(C)C(C=C(Br)Br)C1C(=O)OCc1ccc(F)c(Oc2ccccc2)c1. The molecule has 0 spiro atoms. The zero-order valence-corrected chi connectivity index (χ0v) is 18.1. The van der Waals surface area contributed by atoms with Gasteiger partial charge >= 0.3 is 5.97 Å². The summed E-state index contributed by atoms with van der Waals surface area (Å²) in [5.74, 6) is -0.153. The molecule has 2 aromatic carbocycles. The third kappa shape index (κ3) is 4.79. The smallest absolute Gasteiger partial charge is 0.310 e. The molecule has 2 unspecified atom stereocenters. The number of benzene rings is 2. The summed E-state index contributed by atoms with van der Waals surface area (Å²) in [6.45, 7) is 4.14. The van der Waals surface area contributed by atoms with Crippen LogP contribution in [0, 0.1) is 23.1 Å². The average Bonchev–Trinajstić information content (AvgIpc) is 3.15. The first-order valence-electron chi connectivity index (χ1n) is 8.50. The Balaban J connectivity index is 1.64. The van der Waals surface area contributed by atoms with Gasteiger partial charge in [-0.1, -0.05) is 44.2 Å². The summed E-state index contributed by atoms with van der Waals surface area (Å²) in [6, 6.07) is 13.4. The molecule has 0 radical (unpaired) electrons. The zero-order chi connectivity index (χ0) is 19.6. The first-order valence-corrected chi connectivity index (χ1v) is 10.1. The highest BCUT2D eigenvalue weighted by atomic mass is 79.9. The summed E-state index contributed by atoms with van der Waals surface area (Å²) in [5.41, 5.74) is 0.525. The molecular formula is C21H19Br2FO3. The molecule has 0 amide bonds. The van der Waals surface area contributed by atoms with E-state index in [0.717, 1.165) is 3.39 Å². The van der Waals surface area contributed by atoms with E-state index in [4.69, 9.17) is 9.47 Å². The summed E-state index contributed by atoms with van der Waals surface area (Å²) in [7, 11) is 0. The summed E-state index contributed by atoms with van der Waals surface area (Å²) < 4.78 is 25.9. The Labute approximate surface area is 174 Å². The number of hydrogen-bond donors (Lipinski definition) is 0. The van der Waals surface area contributed by atoms with Gasteiger partial charge in [-0.3, -0.25) is 4.79 Å². The molecule has 0 N–H and O–H groups in total. The van der Waals surface area contributed by atoms with Gasteiger partial charge in [0, 0.05) is 0 Å². The third-order valence-corrected chi connectivity index (χ3v) is 5.35. The number of halogens is 3. The number of carbonyl (C=O) groups excluding carboxylic acids is 1. The zero-order valence-electron chi connectivity index (χ0n) is 14.9. The molecule has 3 rings (SSSR count). The summed E-state index contributed by atoms with van der Waals surface area (Å²) in [6.07, 6.45) is 1.97. The van der Waals surface area contributed by atoms with Gasteiger partial charge in [0.15, 0.2) is 11.6 Å². The molecule has 1 aliphatic rings. The van der Waals surface area contributed by atoms with Crippen molar-refractivity contribution >= 4 is 37.8 Å². The van der Waals surface area contributed by atoms with Crippen LogP contribution in [0.1, 0.15) is 19.4 Å². The summed E-state index contributed by atoms with van der Waals surface area (Å²) >= 11 is 6.67. The topological polar surface area (TPSA) is 35.5 Å². The second-order valence-corrected chi connectivity index (χ2v) is 9.84. The number of para-hydroxylation sites is 1. The predicted molar refractivity (Wildman–Crippen MR) is 109 cm³/mol. The molecule has 0 heterocycles. The van der Waals surface area contributed by atoms with E-state index in [2.05, 4.69) is 31.9 Å². The van der Waals surface area contributed by atoms with Crippen molar-refractivity contribution in [2.24, 2.45) is 17.3 Å². The van der Waals surface area contributed by atoms with Gasteiger partial charge in [0.25, 0.3) is 0 Å². The van der Waals surface area contributed by atoms with Crippen LogP contribution < -0.4 is 4.74 Å². The van der Waals surface area contributed by atoms with Gasteiger partial charge < -0.3 is 9.47 Å². The summed E-state index contributed by atoms with van der Waals surface area (Å²) in [5, 5.41) is 0. The quantitative estimate of drug-likeness (QED) is 0.423. The van der Waals surface area contributed by atoms with E-state index in [-0.39, 0.29) is 35.6 Å². The lowest BCUT2D eigenvalue weighted by Crippen LogP contribution is -2.10. The van der Waals surface area contributed by atoms with Crippen molar-refractivity contribution in [3.63, 3.8) is 0 Å². The van der Waals surface area contributed by atoms with E-state index in [9.17, 15) is 9.18 Å². The van der Waals surface area contributed by atoms with Crippen LogP contribution in [0.5, 0.6) is 11.5 Å². The first-order chi connectivity index (χ1) is 12.8. The number of allylic oxidation sites excluding steroid dienone is 1. The molecule has 1 saturated carbocycles. The Hall–Kier alpha value is -1.66. The molecule has 1 aliphatic carbocycles. The molecule has 0 bridgehead atoms.